The highest BCUT2D eigenvalue weighted by Crippen LogP contribution is 2.52. The molecule has 2 aromatic heterocycles. The van der Waals surface area contributed by atoms with Crippen LogP contribution < -0.4 is 10.6 Å². The smallest absolute Gasteiger partial charge is 0.129 e. The van der Waals surface area contributed by atoms with Gasteiger partial charge in [-0.15, -0.1) is 11.3 Å². The third-order valence-corrected chi connectivity index (χ3v) is 13.9. The van der Waals surface area contributed by atoms with Gasteiger partial charge in [0.15, 0.2) is 0 Å². The maximum absolute atomic E-state index is 4.30. The lowest BCUT2D eigenvalue weighted by atomic mass is 9.92. The molecule has 13 rings (SSSR count). The van der Waals surface area contributed by atoms with Gasteiger partial charge in [0.1, 0.15) is 6.17 Å². The first kappa shape index (κ1) is 32.0. The summed E-state index contributed by atoms with van der Waals surface area (Å²) in [6, 6.07) is 69.3. The Labute approximate surface area is 338 Å². The van der Waals surface area contributed by atoms with Crippen molar-refractivity contribution >= 4 is 108 Å². The predicted molar refractivity (Wildman–Crippen MR) is 250 cm³/mol. The van der Waals surface area contributed by atoms with Crippen LogP contribution in [0.15, 0.2) is 188 Å². The first-order chi connectivity index (χ1) is 28.8. The van der Waals surface area contributed by atoms with Gasteiger partial charge in [0.2, 0.25) is 0 Å². The molecule has 2 unspecified atom stereocenters. The van der Waals surface area contributed by atoms with E-state index in [0.29, 0.717) is 0 Å². The van der Waals surface area contributed by atoms with Crippen LogP contribution in [-0.4, -0.2) is 4.57 Å². The average Bonchev–Trinajstić information content (AvgIpc) is 3.85. The number of nitrogens with one attached hydrogen (secondary N) is 2. The fourth-order valence-corrected chi connectivity index (χ4v) is 11.4. The number of hydrogen-bond donors (Lipinski definition) is 2. The second-order valence-electron chi connectivity index (χ2n) is 15.7. The summed E-state index contributed by atoms with van der Waals surface area (Å²) in [5, 5.41) is 23.8. The van der Waals surface area contributed by atoms with E-state index >= 15 is 0 Å². The Balaban J connectivity index is 1.16. The second kappa shape index (κ2) is 12.2. The first-order valence-corrected chi connectivity index (χ1v) is 20.9. The number of aromatic nitrogens is 1. The van der Waals surface area contributed by atoms with E-state index < -0.39 is 0 Å². The fourth-order valence-electron chi connectivity index (χ4n) is 10.1. The highest BCUT2D eigenvalue weighted by atomic mass is 32.1. The summed E-state index contributed by atoms with van der Waals surface area (Å²) in [5.41, 5.74) is 8.40. The summed E-state index contributed by atoms with van der Waals surface area (Å²) >= 11 is 1.92. The molecule has 0 fully saturated rings. The molecule has 272 valence electrons. The van der Waals surface area contributed by atoms with Crippen molar-refractivity contribution in [2.45, 2.75) is 12.2 Å². The molecule has 0 aliphatic carbocycles. The first-order valence-electron chi connectivity index (χ1n) is 20.1. The molecule has 4 heteroatoms. The molecule has 2 N–H and O–H groups in total. The van der Waals surface area contributed by atoms with Crippen LogP contribution in [0.5, 0.6) is 0 Å². The molecular formula is C54H35N3S. The minimum absolute atomic E-state index is 0.127. The van der Waals surface area contributed by atoms with Crippen LogP contribution in [0, 0.1) is 0 Å². The lowest BCUT2D eigenvalue weighted by Crippen LogP contribution is -2.34. The summed E-state index contributed by atoms with van der Waals surface area (Å²) in [4.78, 5) is 0. The normalized spacial score (nSPS) is 15.5. The van der Waals surface area contributed by atoms with E-state index in [1.165, 1.54) is 102 Å². The molecule has 3 nitrogen and oxygen atoms in total. The highest BCUT2D eigenvalue weighted by molar-refractivity contribution is 7.27. The molecule has 12 aromatic rings. The molecule has 0 saturated heterocycles. The monoisotopic (exact) mass is 757 g/mol. The van der Waals surface area contributed by atoms with E-state index in [2.05, 4.69) is 203 Å². The molecule has 0 amide bonds. The van der Waals surface area contributed by atoms with Gasteiger partial charge in [-0.25, -0.2) is 0 Å². The topological polar surface area (TPSA) is 29.0 Å². The molecule has 0 radical (unpaired) electrons. The largest absolute Gasteiger partial charge is 0.372 e. The molecule has 3 heterocycles. The molecular weight excluding hydrogens is 723 g/mol. The minimum atomic E-state index is -0.197. The van der Waals surface area contributed by atoms with E-state index in [-0.39, 0.29) is 12.2 Å². The van der Waals surface area contributed by atoms with E-state index in [4.69, 9.17) is 0 Å². The molecule has 10 aromatic carbocycles. The predicted octanol–water partition coefficient (Wildman–Crippen LogP) is 15.2. The quantitative estimate of drug-likeness (QED) is 0.176. The van der Waals surface area contributed by atoms with Crippen LogP contribution in [-0.2, 0) is 0 Å². The van der Waals surface area contributed by atoms with Gasteiger partial charge in [0, 0.05) is 47.1 Å². The summed E-state index contributed by atoms with van der Waals surface area (Å²) in [5.74, 6) is 0. The molecule has 1 aliphatic heterocycles. The number of benzene rings is 10. The van der Waals surface area contributed by atoms with Gasteiger partial charge in [-0.1, -0.05) is 170 Å². The zero-order valence-corrected chi connectivity index (χ0v) is 32.2. The Bertz CT molecular complexity index is 3650. The van der Waals surface area contributed by atoms with Crippen LogP contribution in [0.2, 0.25) is 0 Å². The standard InChI is InChI=1S/C54H35N3S/c1-2-13-32(14-3-1)35-17-12-18-36(31-35)49-54(56-51-42-24-11-9-22-40(42)39-21-8-10-23-41(39)50(51)55-49)57-45-29-30-46-48(44-28-26-34-16-5-7-20-38(34)53(44)58-46)47(45)43-27-25-33-15-4-6-19-37(33)52(43)57/h1-31,49,54-56H. The highest BCUT2D eigenvalue weighted by Gasteiger charge is 2.35. The van der Waals surface area contributed by atoms with Crippen molar-refractivity contribution in [1.82, 2.24) is 4.57 Å². The Morgan fingerprint density at radius 1 is 0.414 bits per heavy atom. The van der Waals surface area contributed by atoms with Crippen molar-refractivity contribution in [3.63, 3.8) is 0 Å². The maximum atomic E-state index is 4.30. The van der Waals surface area contributed by atoms with E-state index in [0.717, 1.165) is 11.4 Å². The third kappa shape index (κ3) is 4.49. The number of anilines is 2. The SMILES string of the molecule is c1ccc(-c2cccc(C3Nc4c(c5ccccc5c5ccccc45)NC3n3c4ccc5sc6c7ccccc7ccc6c5c4c4ccc5ccccc5c43)c2)cc1. The van der Waals surface area contributed by atoms with Crippen molar-refractivity contribution in [1.29, 1.82) is 0 Å². The molecule has 2 atom stereocenters. The van der Waals surface area contributed by atoms with Gasteiger partial charge < -0.3 is 15.2 Å². The van der Waals surface area contributed by atoms with E-state index in [9.17, 15) is 0 Å². The van der Waals surface area contributed by atoms with Gasteiger partial charge >= 0.3 is 0 Å². The second-order valence-corrected chi connectivity index (χ2v) is 16.7. The van der Waals surface area contributed by atoms with Gasteiger partial charge in [0.25, 0.3) is 0 Å². The van der Waals surface area contributed by atoms with Crippen LogP contribution in [0.3, 0.4) is 0 Å². The number of hydrogen-bond acceptors (Lipinski definition) is 3. The van der Waals surface area contributed by atoms with Crippen LogP contribution in [0.1, 0.15) is 17.8 Å². The summed E-state index contributed by atoms with van der Waals surface area (Å²) in [7, 11) is 0. The average molecular weight is 758 g/mol. The minimum Gasteiger partial charge on any atom is -0.372 e. The lowest BCUT2D eigenvalue weighted by Gasteiger charge is -2.39. The summed E-state index contributed by atoms with van der Waals surface area (Å²) < 4.78 is 5.30. The summed E-state index contributed by atoms with van der Waals surface area (Å²) in [6.07, 6.45) is -0.197. The summed E-state index contributed by atoms with van der Waals surface area (Å²) in [6.45, 7) is 0. The van der Waals surface area contributed by atoms with Crippen molar-refractivity contribution < 1.29 is 0 Å². The van der Waals surface area contributed by atoms with Gasteiger partial charge in [-0.05, 0) is 61.8 Å². The van der Waals surface area contributed by atoms with Gasteiger partial charge in [-0.3, -0.25) is 0 Å². The molecule has 0 spiro atoms. The number of thiophene rings is 1. The Hall–Kier alpha value is -7.14. The zero-order chi connectivity index (χ0) is 37.9. The third-order valence-electron chi connectivity index (χ3n) is 12.6. The molecule has 58 heavy (non-hydrogen) atoms. The van der Waals surface area contributed by atoms with Crippen molar-refractivity contribution in [3.05, 3.63) is 194 Å². The maximum Gasteiger partial charge on any atom is 0.129 e. The van der Waals surface area contributed by atoms with Crippen LogP contribution in [0.25, 0.3) is 96.2 Å². The Morgan fingerprint density at radius 3 is 1.78 bits per heavy atom. The van der Waals surface area contributed by atoms with Crippen molar-refractivity contribution in [3.8, 4) is 11.1 Å². The molecule has 1 aliphatic rings. The molecule has 0 saturated carbocycles. The Kier molecular flexibility index (Phi) is 6.72. The van der Waals surface area contributed by atoms with Crippen LogP contribution >= 0.6 is 11.3 Å². The Morgan fingerprint density at radius 2 is 1.02 bits per heavy atom. The van der Waals surface area contributed by atoms with E-state index in [1.807, 2.05) is 11.3 Å². The molecule has 0 bridgehead atoms. The van der Waals surface area contributed by atoms with Crippen molar-refractivity contribution in [2.24, 2.45) is 0 Å². The van der Waals surface area contributed by atoms with Crippen molar-refractivity contribution in [2.75, 3.05) is 10.6 Å². The van der Waals surface area contributed by atoms with E-state index in [1.54, 1.807) is 0 Å². The van der Waals surface area contributed by atoms with Gasteiger partial charge in [-0.2, -0.15) is 0 Å². The van der Waals surface area contributed by atoms with Gasteiger partial charge in [0.05, 0.1) is 28.5 Å². The lowest BCUT2D eigenvalue weighted by molar-refractivity contribution is 0.508. The fraction of sp³-hybridized carbons (Fsp3) is 0.0370. The number of fused-ring (bicyclic) bond motifs is 17. The number of nitrogens with zero attached hydrogens (tertiary/aromatic N) is 1. The number of rotatable bonds is 3. The zero-order valence-electron chi connectivity index (χ0n) is 31.4. The van der Waals surface area contributed by atoms with Crippen LogP contribution in [0.4, 0.5) is 11.4 Å².